The molecule has 0 amide bonds. The largest absolute Gasteiger partial charge is 0.652 e. The number of hydrogen-bond donors (Lipinski definition) is 0. The molecule has 0 bridgehead atoms. The lowest BCUT2D eigenvalue weighted by molar-refractivity contribution is -0.415. The Hall–Kier alpha value is -2.04. The third kappa shape index (κ3) is 6.36. The van der Waals surface area contributed by atoms with Crippen molar-refractivity contribution in [2.24, 2.45) is 0 Å². The first-order valence-corrected chi connectivity index (χ1v) is 3.18. The molecule has 5 nitrogen and oxygen atoms in total. The van der Waals surface area contributed by atoms with Crippen LogP contribution in [0.15, 0.2) is 30.3 Å². The summed E-state index contributed by atoms with van der Waals surface area (Å²) in [4.78, 5) is 18.4. The molecule has 0 heterocycles. The van der Waals surface area contributed by atoms with E-state index in [1.807, 2.05) is 0 Å². The molecule has 0 aromatic heterocycles. The predicted molar refractivity (Wildman–Crippen MR) is 36.2 cm³/mol. The lowest BCUT2D eigenvalue weighted by Crippen LogP contribution is -2.37. The Bertz CT molecular complexity index is 276. The standard InChI is InChI=1S/C7H6O2.CH2O3/c8-7(9)6-4-2-1-3-5-6;2-1(3)4/h1-5H,(H,8,9);(H2,2,3,4)/p-3. The van der Waals surface area contributed by atoms with Crippen molar-refractivity contribution in [2.45, 2.75) is 0 Å². The van der Waals surface area contributed by atoms with Gasteiger partial charge in [-0.2, -0.15) is 0 Å². The number of hydrogen-bond acceptors (Lipinski definition) is 5. The molecular weight excluding hydrogens is 176 g/mol. The van der Waals surface area contributed by atoms with E-state index in [0.29, 0.717) is 0 Å². The van der Waals surface area contributed by atoms with Gasteiger partial charge in [0.15, 0.2) is 0 Å². The normalized spacial score (nSPS) is 8.00. The highest BCUT2D eigenvalue weighted by Gasteiger charge is 1.85. The summed E-state index contributed by atoms with van der Waals surface area (Å²) in [7, 11) is 0. The molecule has 5 heteroatoms. The molecule has 0 spiro atoms. The van der Waals surface area contributed by atoms with E-state index in [9.17, 15) is 9.90 Å². The van der Waals surface area contributed by atoms with E-state index in [1.54, 1.807) is 18.2 Å². The van der Waals surface area contributed by atoms with Gasteiger partial charge >= 0.3 is 0 Å². The average Bonchev–Trinajstić information content (AvgIpc) is 2.05. The zero-order chi connectivity index (χ0) is 10.3. The van der Waals surface area contributed by atoms with Crippen LogP contribution >= 0.6 is 0 Å². The van der Waals surface area contributed by atoms with E-state index in [4.69, 9.17) is 15.0 Å². The fourth-order valence-electron chi connectivity index (χ4n) is 0.574. The lowest BCUT2D eigenvalue weighted by Gasteiger charge is -1.97. The van der Waals surface area contributed by atoms with E-state index in [1.165, 1.54) is 12.1 Å². The van der Waals surface area contributed by atoms with Gasteiger partial charge in [-0.05, 0) is 11.7 Å². The minimum absolute atomic E-state index is 0.220. The molecule has 0 N–H and O–H groups in total. The van der Waals surface area contributed by atoms with Crippen LogP contribution in [-0.2, 0) is 0 Å². The monoisotopic (exact) mass is 181 g/mol. The maximum absolute atomic E-state index is 10.1. The van der Waals surface area contributed by atoms with E-state index >= 15 is 0 Å². The van der Waals surface area contributed by atoms with Gasteiger partial charge in [-0.25, -0.2) is 0 Å². The second kappa shape index (κ2) is 5.59. The fourth-order valence-corrected chi connectivity index (χ4v) is 0.574. The SMILES string of the molecule is O=C([O-])[O-].O=C([O-])c1ccccc1. The number of aromatic carboxylic acids is 1. The molecule has 0 saturated heterocycles. The van der Waals surface area contributed by atoms with Crippen LogP contribution in [0.5, 0.6) is 0 Å². The Morgan fingerprint density at radius 2 is 1.31 bits per heavy atom. The van der Waals surface area contributed by atoms with Gasteiger partial charge in [-0.3, -0.25) is 0 Å². The Morgan fingerprint density at radius 1 is 0.923 bits per heavy atom. The van der Waals surface area contributed by atoms with Crippen molar-refractivity contribution < 1.29 is 24.9 Å². The Labute approximate surface area is 73.9 Å². The molecule has 0 saturated carbocycles. The van der Waals surface area contributed by atoms with Crippen molar-refractivity contribution in [2.75, 3.05) is 0 Å². The highest BCUT2D eigenvalue weighted by atomic mass is 16.6. The molecule has 0 unspecified atom stereocenters. The van der Waals surface area contributed by atoms with Crippen molar-refractivity contribution in [1.29, 1.82) is 0 Å². The maximum atomic E-state index is 10.1. The molecule has 0 radical (unpaired) electrons. The van der Waals surface area contributed by atoms with Crippen LogP contribution < -0.4 is 15.3 Å². The van der Waals surface area contributed by atoms with Crippen LogP contribution in [0.25, 0.3) is 0 Å². The van der Waals surface area contributed by atoms with Gasteiger partial charge in [0.2, 0.25) is 0 Å². The number of benzene rings is 1. The topological polar surface area (TPSA) is 103 Å². The van der Waals surface area contributed by atoms with Crippen molar-refractivity contribution in [3.63, 3.8) is 0 Å². The van der Waals surface area contributed by atoms with Gasteiger partial charge in [-0.1, -0.05) is 30.3 Å². The first kappa shape index (κ1) is 11.0. The van der Waals surface area contributed by atoms with Crippen LogP contribution in [0.2, 0.25) is 0 Å². The first-order valence-electron chi connectivity index (χ1n) is 3.18. The van der Waals surface area contributed by atoms with Crippen molar-refractivity contribution in [1.82, 2.24) is 0 Å². The van der Waals surface area contributed by atoms with Crippen molar-refractivity contribution in [3.8, 4) is 0 Å². The molecule has 0 aliphatic heterocycles. The first-order chi connectivity index (χ1) is 6.04. The number of carboxylic acids is 1. The molecule has 0 aliphatic rings. The third-order valence-electron chi connectivity index (χ3n) is 1.01. The Morgan fingerprint density at radius 3 is 1.54 bits per heavy atom. The van der Waals surface area contributed by atoms with Crippen molar-refractivity contribution in [3.05, 3.63) is 35.9 Å². The molecule has 1 aromatic carbocycles. The second-order valence-corrected chi connectivity index (χ2v) is 1.90. The van der Waals surface area contributed by atoms with Gasteiger partial charge < -0.3 is 24.9 Å². The van der Waals surface area contributed by atoms with Crippen LogP contribution in [0, 0.1) is 0 Å². The Kier molecular flexibility index (Phi) is 4.71. The lowest BCUT2D eigenvalue weighted by atomic mass is 10.2. The summed E-state index contributed by atoms with van der Waals surface area (Å²) in [5, 5.41) is 26.8. The van der Waals surface area contributed by atoms with E-state index in [2.05, 4.69) is 0 Å². The minimum atomic E-state index is -2.33. The fraction of sp³-hybridized carbons (Fsp3) is 0. The van der Waals surface area contributed by atoms with Gasteiger partial charge in [0.05, 0.1) is 5.97 Å². The number of carbonyl (C=O) groups excluding carboxylic acids is 2. The number of rotatable bonds is 1. The smallest absolute Gasteiger partial charge is 0.0715 e. The van der Waals surface area contributed by atoms with Gasteiger partial charge in [0.25, 0.3) is 0 Å². The zero-order valence-electron chi connectivity index (χ0n) is 6.43. The molecule has 0 fully saturated rings. The van der Waals surface area contributed by atoms with E-state index < -0.39 is 12.1 Å². The molecule has 1 aromatic rings. The van der Waals surface area contributed by atoms with Gasteiger partial charge in [-0.15, -0.1) is 0 Å². The summed E-state index contributed by atoms with van der Waals surface area (Å²) in [6, 6.07) is 8.06. The summed E-state index contributed by atoms with van der Waals surface area (Å²) >= 11 is 0. The average molecular weight is 181 g/mol. The summed E-state index contributed by atoms with van der Waals surface area (Å²) in [6.07, 6.45) is -2.33. The Balaban J connectivity index is 0.000000310. The predicted octanol–water partition coefficient (Wildman–Crippen LogP) is -2.40. The zero-order valence-corrected chi connectivity index (χ0v) is 6.43. The molecule has 13 heavy (non-hydrogen) atoms. The third-order valence-corrected chi connectivity index (χ3v) is 1.01. The van der Waals surface area contributed by atoms with Crippen molar-refractivity contribution >= 4 is 12.1 Å². The molecule has 0 aliphatic carbocycles. The highest BCUT2D eigenvalue weighted by Crippen LogP contribution is 1.94. The summed E-state index contributed by atoms with van der Waals surface area (Å²) in [6.45, 7) is 0. The van der Waals surface area contributed by atoms with Crippen LogP contribution in [0.3, 0.4) is 0 Å². The van der Waals surface area contributed by atoms with E-state index in [-0.39, 0.29) is 5.56 Å². The maximum Gasteiger partial charge on any atom is 0.0715 e. The second-order valence-electron chi connectivity index (χ2n) is 1.90. The number of carboxylic acid groups (broad SMARTS) is 3. The molecular formula is C8H5O5-3. The summed E-state index contributed by atoms with van der Waals surface area (Å²) in [5.41, 5.74) is 0.220. The van der Waals surface area contributed by atoms with Crippen LogP contribution in [0.1, 0.15) is 10.4 Å². The van der Waals surface area contributed by atoms with Gasteiger partial charge in [0.1, 0.15) is 0 Å². The molecule has 70 valence electrons. The quantitative estimate of drug-likeness (QED) is 0.480. The van der Waals surface area contributed by atoms with Crippen LogP contribution in [0.4, 0.5) is 4.79 Å². The van der Waals surface area contributed by atoms with Crippen LogP contribution in [-0.4, -0.2) is 12.1 Å². The van der Waals surface area contributed by atoms with E-state index in [0.717, 1.165) is 0 Å². The minimum Gasteiger partial charge on any atom is -0.652 e. The van der Waals surface area contributed by atoms with Gasteiger partial charge in [0, 0.05) is 0 Å². The highest BCUT2D eigenvalue weighted by molar-refractivity contribution is 5.85. The molecule has 0 atom stereocenters. The molecule has 1 rings (SSSR count). The summed E-state index contributed by atoms with van der Waals surface area (Å²) in [5.74, 6) is -1.13. The number of carbonyl (C=O) groups is 2. The summed E-state index contributed by atoms with van der Waals surface area (Å²) < 4.78 is 0.